The van der Waals surface area contributed by atoms with Crippen LogP contribution in [0.5, 0.6) is 0 Å². The molecule has 0 saturated carbocycles. The van der Waals surface area contributed by atoms with Crippen molar-refractivity contribution in [1.82, 2.24) is 0 Å². The largest absolute Gasteiger partial charge is 1.00 e. The first kappa shape index (κ1) is 9.58. The Bertz CT molecular complexity index is 14.4. The molecular formula is H4N2NaOP. The molecule has 0 spiro atoms. The molecule has 0 aromatic heterocycles. The Morgan fingerprint density at radius 1 is 1.40 bits per heavy atom. The van der Waals surface area contributed by atoms with E-state index < -0.39 is 8.45 Å². The smallest absolute Gasteiger partial charge is 0.806 e. The third-order valence-electron chi connectivity index (χ3n) is 0. The van der Waals surface area contributed by atoms with Crippen molar-refractivity contribution in [3.8, 4) is 0 Å². The molecule has 5 heteroatoms. The molecular weight excluding hydrogens is 98.0 g/mol. The van der Waals surface area contributed by atoms with Crippen molar-refractivity contribution < 1.29 is 34.5 Å². The maximum atomic E-state index is 9.15. The fourth-order valence-corrected chi connectivity index (χ4v) is 0. The minimum atomic E-state index is -1.87. The van der Waals surface area contributed by atoms with E-state index in [2.05, 4.69) is 11.0 Å². The molecule has 0 aromatic carbocycles. The predicted molar refractivity (Wildman–Crippen MR) is 15.3 cm³/mol. The van der Waals surface area contributed by atoms with E-state index in [0.29, 0.717) is 0 Å². The molecule has 0 aliphatic rings. The van der Waals surface area contributed by atoms with Gasteiger partial charge in [-0.2, -0.15) is 0 Å². The van der Waals surface area contributed by atoms with Gasteiger partial charge in [-0.1, -0.05) is 8.45 Å². The molecule has 4 N–H and O–H groups in total. The summed E-state index contributed by atoms with van der Waals surface area (Å²) in [6.45, 7) is 0. The summed E-state index contributed by atoms with van der Waals surface area (Å²) in [5, 5.41) is 0. The van der Waals surface area contributed by atoms with Gasteiger partial charge in [0.25, 0.3) is 0 Å². The van der Waals surface area contributed by atoms with Gasteiger partial charge in [0.05, 0.1) is 0 Å². The van der Waals surface area contributed by atoms with Crippen molar-refractivity contribution in [3.05, 3.63) is 0 Å². The monoisotopic (exact) mass is 102 g/mol. The Morgan fingerprint density at radius 2 is 1.40 bits per heavy atom. The van der Waals surface area contributed by atoms with E-state index >= 15 is 0 Å². The van der Waals surface area contributed by atoms with Crippen molar-refractivity contribution in [2.24, 2.45) is 11.0 Å². The predicted octanol–water partition coefficient (Wildman–Crippen LogP) is -4.51. The minimum absolute atomic E-state index is 0. The van der Waals surface area contributed by atoms with E-state index in [1.54, 1.807) is 0 Å². The van der Waals surface area contributed by atoms with E-state index in [1.165, 1.54) is 0 Å². The van der Waals surface area contributed by atoms with Gasteiger partial charge >= 0.3 is 29.6 Å². The molecule has 0 aliphatic heterocycles. The molecule has 0 saturated heterocycles. The van der Waals surface area contributed by atoms with Crippen molar-refractivity contribution in [1.29, 1.82) is 0 Å². The number of hydrogen-bond acceptors (Lipinski definition) is 3. The van der Waals surface area contributed by atoms with Gasteiger partial charge in [0.2, 0.25) is 0 Å². The van der Waals surface area contributed by atoms with Gasteiger partial charge in [0.1, 0.15) is 0 Å². The first-order chi connectivity index (χ1) is 1.73. The molecule has 0 bridgehead atoms. The standard InChI is InChI=1S/H4N2OP.Na/c1-4(2)3;/h1-2H2;/q-1;+1. The molecule has 0 unspecified atom stereocenters. The van der Waals surface area contributed by atoms with Crippen LogP contribution in [-0.2, 0) is 0 Å². The quantitative estimate of drug-likeness (QED) is 0.239. The van der Waals surface area contributed by atoms with Crippen LogP contribution in [0, 0.1) is 0 Å². The van der Waals surface area contributed by atoms with Crippen LogP contribution in [0.4, 0.5) is 0 Å². The van der Waals surface area contributed by atoms with Crippen LogP contribution in [-0.4, -0.2) is 0 Å². The van der Waals surface area contributed by atoms with Crippen LogP contribution in [0.25, 0.3) is 0 Å². The molecule has 0 atom stereocenters. The third-order valence-corrected chi connectivity index (χ3v) is 0. The first-order valence-electron chi connectivity index (χ1n) is 0.699. The van der Waals surface area contributed by atoms with Gasteiger partial charge in [0.15, 0.2) is 0 Å². The molecule has 0 radical (unpaired) electrons. The maximum absolute atomic E-state index is 9.15. The van der Waals surface area contributed by atoms with E-state index in [-0.39, 0.29) is 29.6 Å². The summed E-state index contributed by atoms with van der Waals surface area (Å²) in [6.07, 6.45) is 0. The van der Waals surface area contributed by atoms with Gasteiger partial charge in [-0.3, -0.25) is 0 Å². The summed E-state index contributed by atoms with van der Waals surface area (Å²) in [7, 11) is -1.87. The Balaban J connectivity index is 0. The molecule has 0 rings (SSSR count). The third kappa shape index (κ3) is 33.9. The molecule has 0 amide bonds. The van der Waals surface area contributed by atoms with Crippen LogP contribution >= 0.6 is 8.45 Å². The van der Waals surface area contributed by atoms with Crippen molar-refractivity contribution >= 4 is 8.45 Å². The average Bonchev–Trinajstić information content (AvgIpc) is 0.811. The summed E-state index contributed by atoms with van der Waals surface area (Å²) >= 11 is 0. The van der Waals surface area contributed by atoms with Crippen LogP contribution in [0.1, 0.15) is 0 Å². The topological polar surface area (TPSA) is 75.1 Å². The first-order valence-corrected chi connectivity index (χ1v) is 2.10. The zero-order valence-electron chi connectivity index (χ0n) is 3.01. The molecule has 3 nitrogen and oxygen atoms in total. The number of rotatable bonds is 0. The molecule has 0 heterocycles. The van der Waals surface area contributed by atoms with Gasteiger partial charge in [-0.25, -0.2) is 0 Å². The molecule has 26 valence electrons. The number of hydrogen-bond donors (Lipinski definition) is 2. The van der Waals surface area contributed by atoms with Crippen LogP contribution in [0.3, 0.4) is 0 Å². The fourth-order valence-electron chi connectivity index (χ4n) is 0. The van der Waals surface area contributed by atoms with E-state index in [0.717, 1.165) is 0 Å². The van der Waals surface area contributed by atoms with Crippen LogP contribution in [0.2, 0.25) is 0 Å². The van der Waals surface area contributed by atoms with Crippen molar-refractivity contribution in [2.75, 3.05) is 0 Å². The Morgan fingerprint density at radius 3 is 1.40 bits per heavy atom. The Labute approximate surface area is 54.0 Å². The Kier molecular flexibility index (Phi) is 10.2. The minimum Gasteiger partial charge on any atom is -0.806 e. The van der Waals surface area contributed by atoms with Gasteiger partial charge < -0.3 is 15.9 Å². The normalized spacial score (nSPS) is 7.20. The second-order valence-corrected chi connectivity index (χ2v) is 1.08. The summed E-state index contributed by atoms with van der Waals surface area (Å²) in [6, 6.07) is 0. The van der Waals surface area contributed by atoms with Crippen LogP contribution in [0.15, 0.2) is 0 Å². The van der Waals surface area contributed by atoms with Crippen molar-refractivity contribution in [3.63, 3.8) is 0 Å². The number of nitrogens with two attached hydrogens (primary N) is 2. The van der Waals surface area contributed by atoms with E-state index in [1.807, 2.05) is 0 Å². The maximum Gasteiger partial charge on any atom is 1.00 e. The second kappa shape index (κ2) is 5.31. The fraction of sp³-hybridized carbons (Fsp3) is 0. The van der Waals surface area contributed by atoms with Gasteiger partial charge in [-0.15, -0.1) is 0 Å². The SMILES string of the molecule is NP(N)[O-].[Na+]. The molecule has 5 heavy (non-hydrogen) atoms. The van der Waals surface area contributed by atoms with Crippen LogP contribution < -0.4 is 45.5 Å². The second-order valence-electron chi connectivity index (χ2n) is 0.360. The summed E-state index contributed by atoms with van der Waals surface area (Å²) in [4.78, 5) is 9.15. The molecule has 0 aliphatic carbocycles. The van der Waals surface area contributed by atoms with E-state index in [9.17, 15) is 0 Å². The summed E-state index contributed by atoms with van der Waals surface area (Å²) in [5.41, 5.74) is 8.80. The average molecular weight is 102 g/mol. The molecule has 0 fully saturated rings. The van der Waals surface area contributed by atoms with Crippen molar-refractivity contribution in [2.45, 2.75) is 0 Å². The van der Waals surface area contributed by atoms with Gasteiger partial charge in [-0.05, 0) is 0 Å². The summed E-state index contributed by atoms with van der Waals surface area (Å²) < 4.78 is 0. The summed E-state index contributed by atoms with van der Waals surface area (Å²) in [5.74, 6) is 0. The zero-order chi connectivity index (χ0) is 3.58. The van der Waals surface area contributed by atoms with E-state index in [4.69, 9.17) is 4.89 Å². The van der Waals surface area contributed by atoms with Gasteiger partial charge in [0, 0.05) is 0 Å². The zero-order valence-corrected chi connectivity index (χ0v) is 5.90. The molecule has 0 aromatic rings. The Hall–Kier alpha value is 1.31.